The van der Waals surface area contributed by atoms with Crippen LogP contribution >= 0.6 is 11.8 Å². The predicted molar refractivity (Wildman–Crippen MR) is 77.3 cm³/mol. The van der Waals surface area contributed by atoms with E-state index in [0.717, 1.165) is 5.04 Å². The third-order valence-corrected chi connectivity index (χ3v) is 6.35. The summed E-state index contributed by atoms with van der Waals surface area (Å²) >= 11 is 1.85. The van der Waals surface area contributed by atoms with Crippen molar-refractivity contribution in [2.75, 3.05) is 7.11 Å². The maximum atomic E-state index is 5.95. The van der Waals surface area contributed by atoms with Gasteiger partial charge < -0.3 is 4.74 Å². The molecule has 2 atom stereocenters. The molecule has 3 heteroatoms. The second kappa shape index (κ2) is 3.40. The van der Waals surface area contributed by atoms with Crippen molar-refractivity contribution in [1.29, 1.82) is 0 Å². The van der Waals surface area contributed by atoms with Crippen LogP contribution in [0.15, 0.2) is 29.3 Å². The lowest BCUT2D eigenvalue weighted by molar-refractivity contribution is -0.0371. The van der Waals surface area contributed by atoms with Crippen molar-refractivity contribution in [2.45, 2.75) is 43.6 Å². The highest BCUT2D eigenvalue weighted by Gasteiger charge is 2.68. The number of nitrogens with zero attached hydrogens (tertiary/aromatic N) is 1. The zero-order chi connectivity index (χ0) is 13.2. The molecule has 2 nitrogen and oxygen atoms in total. The smallest absolute Gasteiger partial charge is 0.201 e. The van der Waals surface area contributed by atoms with E-state index in [-0.39, 0.29) is 10.2 Å². The maximum Gasteiger partial charge on any atom is 0.201 e. The zero-order valence-corrected chi connectivity index (χ0v) is 12.4. The van der Waals surface area contributed by atoms with Crippen LogP contribution in [0.4, 0.5) is 0 Å². The van der Waals surface area contributed by atoms with Gasteiger partial charge in [0.15, 0.2) is 0 Å². The van der Waals surface area contributed by atoms with Crippen LogP contribution in [0, 0.1) is 0 Å². The number of aliphatic imine (C=N–C) groups is 1. The van der Waals surface area contributed by atoms with Crippen molar-refractivity contribution >= 4 is 16.8 Å². The number of methoxy groups -OCH3 is 1. The van der Waals surface area contributed by atoms with Gasteiger partial charge in [0.1, 0.15) is 0 Å². The van der Waals surface area contributed by atoms with E-state index in [2.05, 4.69) is 52.0 Å². The van der Waals surface area contributed by atoms with Crippen molar-refractivity contribution in [3.05, 3.63) is 35.4 Å². The molecule has 1 aliphatic carbocycles. The molecule has 96 valence electrons. The van der Waals surface area contributed by atoms with E-state index in [9.17, 15) is 0 Å². The second-order valence-corrected chi connectivity index (χ2v) is 7.40. The minimum atomic E-state index is -0.526. The number of ether oxygens (including phenoxy) is 1. The first-order valence-corrected chi connectivity index (χ1v) is 7.11. The Morgan fingerprint density at radius 2 is 1.72 bits per heavy atom. The highest BCUT2D eigenvalue weighted by atomic mass is 32.2. The molecular formula is C15H19NOS. The molecule has 2 aliphatic rings. The Morgan fingerprint density at radius 1 is 1.11 bits per heavy atom. The van der Waals surface area contributed by atoms with Crippen LogP contribution in [0.25, 0.3) is 0 Å². The van der Waals surface area contributed by atoms with Gasteiger partial charge in [-0.25, -0.2) is 4.99 Å². The van der Waals surface area contributed by atoms with Crippen LogP contribution in [0.3, 0.4) is 0 Å². The SMILES string of the molecule is COC12N=C(C)SC1(C)C(C)(C)c1ccccc12. The molecule has 0 saturated carbocycles. The van der Waals surface area contributed by atoms with Crippen LogP contribution < -0.4 is 0 Å². The highest BCUT2D eigenvalue weighted by molar-refractivity contribution is 8.15. The van der Waals surface area contributed by atoms with Gasteiger partial charge in [0.05, 0.1) is 9.79 Å². The van der Waals surface area contributed by atoms with Gasteiger partial charge in [-0.3, -0.25) is 0 Å². The van der Waals surface area contributed by atoms with Crippen molar-refractivity contribution in [1.82, 2.24) is 0 Å². The van der Waals surface area contributed by atoms with E-state index in [4.69, 9.17) is 9.73 Å². The molecule has 3 rings (SSSR count). The molecule has 1 heterocycles. The number of fused-ring (bicyclic) bond motifs is 3. The van der Waals surface area contributed by atoms with Crippen molar-refractivity contribution in [3.63, 3.8) is 0 Å². The van der Waals surface area contributed by atoms with Crippen LogP contribution in [0.5, 0.6) is 0 Å². The van der Waals surface area contributed by atoms with Crippen molar-refractivity contribution < 1.29 is 4.74 Å². The van der Waals surface area contributed by atoms with E-state index in [1.165, 1.54) is 11.1 Å². The minimum absolute atomic E-state index is 0.0333. The van der Waals surface area contributed by atoms with E-state index in [1.54, 1.807) is 7.11 Å². The van der Waals surface area contributed by atoms with Crippen LogP contribution in [-0.4, -0.2) is 16.9 Å². The summed E-state index contributed by atoms with van der Waals surface area (Å²) in [5, 5.41) is 1.11. The Morgan fingerprint density at radius 3 is 2.33 bits per heavy atom. The quantitative estimate of drug-likeness (QED) is 0.769. The standard InChI is InChI=1S/C15H19NOS/c1-10-16-15(17-5)12-9-7-6-8-11(12)13(2,3)14(15,4)18-10/h6-9H,1-5H3. The summed E-state index contributed by atoms with van der Waals surface area (Å²) in [6, 6.07) is 8.56. The molecule has 1 aromatic carbocycles. The first kappa shape index (κ1) is 12.2. The van der Waals surface area contributed by atoms with Crippen LogP contribution in [0.1, 0.15) is 38.8 Å². The van der Waals surface area contributed by atoms with Gasteiger partial charge >= 0.3 is 0 Å². The summed E-state index contributed by atoms with van der Waals surface area (Å²) in [6.45, 7) is 8.95. The summed E-state index contributed by atoms with van der Waals surface area (Å²) in [7, 11) is 1.78. The zero-order valence-electron chi connectivity index (χ0n) is 11.6. The Bertz CT molecular complexity index is 551. The number of hydrogen-bond donors (Lipinski definition) is 0. The summed E-state index contributed by atoms with van der Waals surface area (Å²) in [6.07, 6.45) is 0. The van der Waals surface area contributed by atoms with E-state index < -0.39 is 5.72 Å². The molecule has 1 aromatic rings. The Kier molecular flexibility index (Phi) is 2.31. The molecule has 0 fully saturated rings. The average Bonchev–Trinajstić information content (AvgIpc) is 2.68. The third-order valence-electron chi connectivity index (χ3n) is 4.77. The molecule has 18 heavy (non-hydrogen) atoms. The molecule has 0 N–H and O–H groups in total. The molecular weight excluding hydrogens is 242 g/mol. The molecule has 0 saturated heterocycles. The lowest BCUT2D eigenvalue weighted by atomic mass is 9.77. The number of rotatable bonds is 1. The first-order chi connectivity index (χ1) is 8.39. The van der Waals surface area contributed by atoms with Gasteiger partial charge in [0.2, 0.25) is 5.72 Å². The Hall–Kier alpha value is -0.800. The van der Waals surface area contributed by atoms with Gasteiger partial charge in [-0.05, 0) is 19.4 Å². The molecule has 1 aliphatic heterocycles. The Labute approximate surface area is 113 Å². The van der Waals surface area contributed by atoms with Gasteiger partial charge in [-0.15, -0.1) is 0 Å². The lowest BCUT2D eigenvalue weighted by Gasteiger charge is -2.42. The molecule has 0 bridgehead atoms. The summed E-state index contributed by atoms with van der Waals surface area (Å²) < 4.78 is 5.87. The van der Waals surface area contributed by atoms with Gasteiger partial charge in [-0.1, -0.05) is 49.9 Å². The topological polar surface area (TPSA) is 21.6 Å². The monoisotopic (exact) mass is 261 g/mol. The normalized spacial score (nSPS) is 36.2. The molecule has 2 unspecified atom stereocenters. The predicted octanol–water partition coefficient (Wildman–Crippen LogP) is 3.70. The summed E-state index contributed by atoms with van der Waals surface area (Å²) in [5.74, 6) is 0. The van der Waals surface area contributed by atoms with E-state index in [0.29, 0.717) is 0 Å². The van der Waals surface area contributed by atoms with Crippen LogP contribution in [0.2, 0.25) is 0 Å². The summed E-state index contributed by atoms with van der Waals surface area (Å²) in [5.41, 5.74) is 2.09. The van der Waals surface area contributed by atoms with E-state index >= 15 is 0 Å². The van der Waals surface area contributed by atoms with Gasteiger partial charge in [0, 0.05) is 18.1 Å². The van der Waals surface area contributed by atoms with Crippen molar-refractivity contribution in [2.24, 2.45) is 4.99 Å². The molecule has 0 radical (unpaired) electrons. The fourth-order valence-corrected chi connectivity index (χ4v) is 5.02. The van der Waals surface area contributed by atoms with Crippen LogP contribution in [-0.2, 0) is 15.9 Å². The molecule has 0 amide bonds. The number of hydrogen-bond acceptors (Lipinski definition) is 3. The van der Waals surface area contributed by atoms with E-state index in [1.807, 2.05) is 11.8 Å². The number of thioether (sulfide) groups is 1. The first-order valence-electron chi connectivity index (χ1n) is 6.30. The van der Waals surface area contributed by atoms with Gasteiger partial charge in [0.25, 0.3) is 0 Å². The fraction of sp³-hybridized carbons (Fsp3) is 0.533. The fourth-order valence-electron chi connectivity index (χ4n) is 3.52. The maximum absolute atomic E-state index is 5.95. The second-order valence-electron chi connectivity index (χ2n) is 5.78. The number of benzene rings is 1. The lowest BCUT2D eigenvalue weighted by Crippen LogP contribution is -2.49. The average molecular weight is 261 g/mol. The van der Waals surface area contributed by atoms with Gasteiger partial charge in [-0.2, -0.15) is 0 Å². The third kappa shape index (κ3) is 1.08. The Balaban J connectivity index is 2.38. The molecule has 0 aromatic heterocycles. The highest BCUT2D eigenvalue weighted by Crippen LogP contribution is 2.66. The van der Waals surface area contributed by atoms with Crippen molar-refractivity contribution in [3.8, 4) is 0 Å². The minimum Gasteiger partial charge on any atom is -0.352 e. The largest absolute Gasteiger partial charge is 0.352 e. The summed E-state index contributed by atoms with van der Waals surface area (Å²) in [4.78, 5) is 4.87. The molecule has 0 spiro atoms.